The van der Waals surface area contributed by atoms with E-state index in [0.717, 1.165) is 31.5 Å². The van der Waals surface area contributed by atoms with Crippen molar-refractivity contribution in [3.05, 3.63) is 11.1 Å². The van der Waals surface area contributed by atoms with Crippen molar-refractivity contribution in [2.24, 2.45) is 0 Å². The van der Waals surface area contributed by atoms with Gasteiger partial charge in [0.2, 0.25) is 0 Å². The fraction of sp³-hybridized carbons (Fsp3) is 0.800. The highest BCUT2D eigenvalue weighted by atomic mass is 35.5. The summed E-state index contributed by atoms with van der Waals surface area (Å²) in [5, 5.41) is 9.49. The summed E-state index contributed by atoms with van der Waals surface area (Å²) in [4.78, 5) is 2.28. The Hall–Kier alpha value is -0.0500. The second kappa shape index (κ2) is 4.99. The highest BCUT2D eigenvalue weighted by molar-refractivity contribution is 6.25. The average molecular weight is 204 g/mol. The summed E-state index contributed by atoms with van der Waals surface area (Å²) in [6.07, 6.45) is 1.86. The van der Waals surface area contributed by atoms with Crippen molar-refractivity contribution in [2.45, 2.75) is 38.8 Å². The van der Waals surface area contributed by atoms with E-state index in [-0.39, 0.29) is 6.10 Å². The van der Waals surface area contributed by atoms with Crippen molar-refractivity contribution >= 4 is 11.6 Å². The van der Waals surface area contributed by atoms with Gasteiger partial charge in [0.1, 0.15) is 0 Å². The lowest BCUT2D eigenvalue weighted by molar-refractivity contribution is 0.0467. The molecule has 1 aliphatic rings. The zero-order valence-corrected chi connectivity index (χ0v) is 9.09. The molecule has 2 unspecified atom stereocenters. The lowest BCUT2D eigenvalue weighted by Gasteiger charge is -2.36. The number of halogens is 1. The lowest BCUT2D eigenvalue weighted by Crippen LogP contribution is -2.44. The van der Waals surface area contributed by atoms with Gasteiger partial charge < -0.3 is 5.11 Å². The van der Waals surface area contributed by atoms with Crippen LogP contribution in [0.1, 0.15) is 26.7 Å². The maximum absolute atomic E-state index is 9.49. The molecule has 1 aliphatic heterocycles. The van der Waals surface area contributed by atoms with E-state index < -0.39 is 0 Å². The van der Waals surface area contributed by atoms with Gasteiger partial charge in [-0.15, -0.1) is 0 Å². The van der Waals surface area contributed by atoms with E-state index in [1.807, 2.05) is 6.92 Å². The summed E-state index contributed by atoms with van der Waals surface area (Å²) >= 11 is 5.60. The third-order valence-corrected chi connectivity index (χ3v) is 3.00. The van der Waals surface area contributed by atoms with Crippen molar-refractivity contribution < 1.29 is 5.11 Å². The van der Waals surface area contributed by atoms with Gasteiger partial charge in [0, 0.05) is 24.7 Å². The Morgan fingerprint density at radius 2 is 2.31 bits per heavy atom. The Labute approximate surface area is 85.2 Å². The number of aliphatic hydroxyl groups excluding tert-OH is 1. The van der Waals surface area contributed by atoms with Crippen LogP contribution >= 0.6 is 11.6 Å². The Morgan fingerprint density at radius 3 is 2.92 bits per heavy atom. The molecule has 0 aromatic heterocycles. The monoisotopic (exact) mass is 203 g/mol. The van der Waals surface area contributed by atoms with Crippen LogP contribution in [-0.4, -0.2) is 35.2 Å². The molecule has 0 aliphatic carbocycles. The first-order valence-corrected chi connectivity index (χ1v) is 5.25. The third kappa shape index (κ3) is 3.29. The van der Waals surface area contributed by atoms with Crippen LogP contribution in [0.3, 0.4) is 0 Å². The number of piperidine rings is 1. The average Bonchev–Trinajstić information content (AvgIpc) is 2.11. The molecule has 2 atom stereocenters. The van der Waals surface area contributed by atoms with Crippen LogP contribution in [0.25, 0.3) is 0 Å². The van der Waals surface area contributed by atoms with Crippen molar-refractivity contribution in [3.8, 4) is 0 Å². The highest BCUT2D eigenvalue weighted by Crippen LogP contribution is 2.18. The van der Waals surface area contributed by atoms with E-state index in [1.165, 1.54) is 0 Å². The van der Waals surface area contributed by atoms with Gasteiger partial charge in [-0.05, 0) is 32.3 Å². The van der Waals surface area contributed by atoms with E-state index in [1.54, 1.807) is 5.54 Å². The van der Waals surface area contributed by atoms with Crippen molar-refractivity contribution in [3.63, 3.8) is 0 Å². The molecule has 0 radical (unpaired) electrons. The Morgan fingerprint density at radius 1 is 1.62 bits per heavy atom. The van der Waals surface area contributed by atoms with E-state index in [4.69, 9.17) is 11.6 Å². The summed E-state index contributed by atoms with van der Waals surface area (Å²) in [5.74, 6) is 0. The molecule has 76 valence electrons. The quantitative estimate of drug-likeness (QED) is 0.742. The minimum absolute atomic E-state index is 0.153. The minimum Gasteiger partial charge on any atom is -0.392 e. The van der Waals surface area contributed by atoms with Gasteiger partial charge in [0.15, 0.2) is 0 Å². The molecule has 1 fully saturated rings. The largest absolute Gasteiger partial charge is 0.392 e. The van der Waals surface area contributed by atoms with Gasteiger partial charge in [-0.2, -0.15) is 0 Å². The number of β-amino-alcohol motifs (C(OH)–C–C–N with tert-alkyl or cyclic N) is 1. The van der Waals surface area contributed by atoms with Gasteiger partial charge in [-0.25, -0.2) is 0 Å². The zero-order valence-electron chi connectivity index (χ0n) is 8.33. The smallest absolute Gasteiger partial charge is 0.0668 e. The van der Waals surface area contributed by atoms with Gasteiger partial charge >= 0.3 is 0 Å². The van der Waals surface area contributed by atoms with Gasteiger partial charge in [-0.3, -0.25) is 4.90 Å². The highest BCUT2D eigenvalue weighted by Gasteiger charge is 2.23. The maximum Gasteiger partial charge on any atom is 0.0668 e. The summed E-state index contributed by atoms with van der Waals surface area (Å²) in [6, 6.07) is 0.565. The molecule has 0 amide bonds. The molecule has 3 heteroatoms. The number of rotatable bonds is 2. The van der Waals surface area contributed by atoms with Crippen molar-refractivity contribution in [1.29, 1.82) is 0 Å². The number of nitrogens with zero attached hydrogens (tertiary/aromatic N) is 1. The molecular weight excluding hydrogens is 186 g/mol. The summed E-state index contributed by atoms with van der Waals surface area (Å²) in [5.41, 5.74) is 2.77. The molecule has 2 nitrogen and oxygen atoms in total. The second-order valence-corrected chi connectivity index (χ2v) is 4.18. The topological polar surface area (TPSA) is 23.5 Å². The van der Waals surface area contributed by atoms with Crippen LogP contribution in [0.2, 0.25) is 0 Å². The van der Waals surface area contributed by atoms with E-state index in [2.05, 4.69) is 11.8 Å². The molecule has 0 bridgehead atoms. The van der Waals surface area contributed by atoms with Gasteiger partial charge in [0.25, 0.3) is 0 Å². The van der Waals surface area contributed by atoms with Gasteiger partial charge in [-0.1, -0.05) is 11.6 Å². The first-order valence-electron chi connectivity index (χ1n) is 4.81. The first-order chi connectivity index (χ1) is 6.13. The van der Waals surface area contributed by atoms with Crippen LogP contribution in [0, 0.1) is 0 Å². The van der Waals surface area contributed by atoms with Crippen LogP contribution in [0.5, 0.6) is 0 Å². The third-order valence-electron chi connectivity index (χ3n) is 2.63. The minimum atomic E-state index is -0.153. The zero-order chi connectivity index (χ0) is 9.84. The first kappa shape index (κ1) is 11.0. The molecular formula is C10H18ClNO. The molecule has 1 heterocycles. The van der Waals surface area contributed by atoms with E-state index >= 15 is 0 Å². The summed E-state index contributed by atoms with van der Waals surface area (Å²) in [6.45, 7) is 5.87. The number of likely N-dealkylation sites (tertiary alicyclic amines) is 1. The lowest BCUT2D eigenvalue weighted by atomic mass is 10.0. The van der Waals surface area contributed by atoms with Crippen LogP contribution in [-0.2, 0) is 0 Å². The molecule has 1 N–H and O–H groups in total. The van der Waals surface area contributed by atoms with Gasteiger partial charge in [0.05, 0.1) is 6.10 Å². The molecule has 1 rings (SSSR count). The normalized spacial score (nSPS) is 32.2. The van der Waals surface area contributed by atoms with Crippen LogP contribution in [0.4, 0.5) is 0 Å². The summed E-state index contributed by atoms with van der Waals surface area (Å²) < 4.78 is 0. The number of hydrogen-bond donors (Lipinski definition) is 1. The van der Waals surface area contributed by atoms with E-state index in [9.17, 15) is 5.11 Å². The van der Waals surface area contributed by atoms with Crippen molar-refractivity contribution in [1.82, 2.24) is 4.90 Å². The van der Waals surface area contributed by atoms with E-state index in [0.29, 0.717) is 6.04 Å². The Kier molecular flexibility index (Phi) is 4.23. The molecule has 0 spiro atoms. The molecule has 0 aromatic rings. The number of aliphatic hydroxyl groups is 1. The standard InChI is InChI=1S/C10H18ClNO/c1-8(5-11)6-12-7-10(13)4-3-9(12)2/h5,9-10,13H,3-4,6-7H2,1-2H3/b8-5+. The fourth-order valence-corrected chi connectivity index (χ4v) is 1.80. The second-order valence-electron chi connectivity index (χ2n) is 3.97. The predicted molar refractivity (Wildman–Crippen MR) is 55.9 cm³/mol. The molecule has 0 aromatic carbocycles. The molecule has 0 saturated carbocycles. The number of hydrogen-bond acceptors (Lipinski definition) is 2. The molecule has 1 saturated heterocycles. The predicted octanol–water partition coefficient (Wildman–Crippen LogP) is 1.97. The maximum atomic E-state index is 9.49. The Balaban J connectivity index is 2.46. The Bertz CT molecular complexity index is 193. The van der Waals surface area contributed by atoms with Crippen LogP contribution in [0.15, 0.2) is 11.1 Å². The fourth-order valence-electron chi connectivity index (χ4n) is 1.73. The SMILES string of the molecule is C/C(=C\Cl)CN1CC(O)CCC1C. The van der Waals surface area contributed by atoms with Crippen molar-refractivity contribution in [2.75, 3.05) is 13.1 Å². The summed E-state index contributed by atoms with van der Waals surface area (Å²) in [7, 11) is 0. The molecule has 13 heavy (non-hydrogen) atoms. The van der Waals surface area contributed by atoms with Crippen LogP contribution < -0.4 is 0 Å².